The van der Waals surface area contributed by atoms with Crippen molar-refractivity contribution in [1.29, 1.82) is 0 Å². The van der Waals surface area contributed by atoms with E-state index in [2.05, 4.69) is 27.3 Å². The molecule has 0 spiro atoms. The van der Waals surface area contributed by atoms with Gasteiger partial charge in [-0.15, -0.1) is 0 Å². The predicted octanol–water partition coefficient (Wildman–Crippen LogP) is 6.16. The summed E-state index contributed by atoms with van der Waals surface area (Å²) in [5.41, 5.74) is 1.21. The normalized spacial score (nSPS) is 14.7. The van der Waals surface area contributed by atoms with E-state index in [1.807, 2.05) is 36.4 Å². The SMILES string of the molecule is COc1cc(/C=C2\C(=O)NC(=S)N(c3ccccc3F)C2=O)c(Br)cc1OCc1ccc2ccccc2c1. The number of amides is 2. The van der Waals surface area contributed by atoms with Gasteiger partial charge in [-0.2, -0.15) is 0 Å². The number of anilines is 1. The molecule has 0 saturated carbocycles. The molecule has 4 aromatic carbocycles. The van der Waals surface area contributed by atoms with Crippen molar-refractivity contribution in [3.05, 3.63) is 106 Å². The molecule has 1 aliphatic rings. The minimum Gasteiger partial charge on any atom is -0.493 e. The number of carbonyl (C=O) groups excluding carboxylic acids is 2. The lowest BCUT2D eigenvalue weighted by Crippen LogP contribution is -2.54. The number of rotatable bonds is 6. The lowest BCUT2D eigenvalue weighted by molar-refractivity contribution is -0.122. The third kappa shape index (κ3) is 5.03. The first-order valence-corrected chi connectivity index (χ1v) is 12.7. The van der Waals surface area contributed by atoms with Crippen molar-refractivity contribution < 1.29 is 23.5 Å². The second kappa shape index (κ2) is 10.7. The van der Waals surface area contributed by atoms with Gasteiger partial charge in [-0.25, -0.2) is 9.29 Å². The minimum absolute atomic E-state index is 0.0533. The molecule has 0 aromatic heterocycles. The third-order valence-electron chi connectivity index (χ3n) is 5.99. The lowest BCUT2D eigenvalue weighted by atomic mass is 10.1. The topological polar surface area (TPSA) is 67.9 Å². The van der Waals surface area contributed by atoms with Crippen LogP contribution in [0.15, 0.2) is 88.9 Å². The monoisotopic (exact) mass is 590 g/mol. The van der Waals surface area contributed by atoms with Crippen molar-refractivity contribution in [2.45, 2.75) is 6.61 Å². The summed E-state index contributed by atoms with van der Waals surface area (Å²) in [5.74, 6) is -1.19. The average Bonchev–Trinajstić information content (AvgIpc) is 2.91. The fraction of sp³-hybridized carbons (Fsp3) is 0.0690. The highest BCUT2D eigenvalue weighted by Gasteiger charge is 2.35. The van der Waals surface area contributed by atoms with Crippen molar-refractivity contribution in [2.24, 2.45) is 0 Å². The van der Waals surface area contributed by atoms with Crippen LogP contribution in [0.3, 0.4) is 0 Å². The molecule has 9 heteroatoms. The fourth-order valence-corrected chi connectivity index (χ4v) is 4.80. The zero-order valence-electron chi connectivity index (χ0n) is 20.0. The molecule has 1 saturated heterocycles. The fourth-order valence-electron chi connectivity index (χ4n) is 4.09. The number of methoxy groups -OCH3 is 1. The van der Waals surface area contributed by atoms with Gasteiger partial charge in [0.2, 0.25) is 0 Å². The molecular formula is C29H20BrFN2O4S. The van der Waals surface area contributed by atoms with Crippen LogP contribution in [-0.4, -0.2) is 24.0 Å². The van der Waals surface area contributed by atoms with Crippen molar-refractivity contribution in [2.75, 3.05) is 12.0 Å². The molecule has 0 aliphatic carbocycles. The summed E-state index contributed by atoms with van der Waals surface area (Å²) in [4.78, 5) is 26.9. The zero-order valence-corrected chi connectivity index (χ0v) is 22.4. The van der Waals surface area contributed by atoms with Gasteiger partial charge in [0, 0.05) is 4.47 Å². The number of nitrogens with one attached hydrogen (secondary N) is 1. The van der Waals surface area contributed by atoms with Gasteiger partial charge in [0.25, 0.3) is 11.8 Å². The average molecular weight is 591 g/mol. The number of hydrogen-bond donors (Lipinski definition) is 1. The Kier molecular flexibility index (Phi) is 7.22. The van der Waals surface area contributed by atoms with Gasteiger partial charge in [0.15, 0.2) is 16.6 Å². The summed E-state index contributed by atoms with van der Waals surface area (Å²) in [6.45, 7) is 0.310. The summed E-state index contributed by atoms with van der Waals surface area (Å²) in [6.07, 6.45) is 1.40. The molecule has 1 aliphatic heterocycles. The first-order valence-electron chi connectivity index (χ1n) is 11.5. The molecule has 0 bridgehead atoms. The van der Waals surface area contributed by atoms with Gasteiger partial charge < -0.3 is 9.47 Å². The number of fused-ring (bicyclic) bond motifs is 1. The summed E-state index contributed by atoms with van der Waals surface area (Å²) in [7, 11) is 1.50. The number of carbonyl (C=O) groups is 2. The molecule has 1 N–H and O–H groups in total. The third-order valence-corrected chi connectivity index (χ3v) is 6.96. The maximum Gasteiger partial charge on any atom is 0.270 e. The van der Waals surface area contributed by atoms with Crippen molar-refractivity contribution in [3.8, 4) is 11.5 Å². The van der Waals surface area contributed by atoms with E-state index in [-0.39, 0.29) is 16.4 Å². The van der Waals surface area contributed by atoms with E-state index in [4.69, 9.17) is 21.7 Å². The maximum atomic E-state index is 14.4. The molecule has 5 rings (SSSR count). The molecule has 0 radical (unpaired) electrons. The molecule has 0 atom stereocenters. The number of thiocarbonyl (C=S) groups is 1. The molecule has 1 fully saturated rings. The van der Waals surface area contributed by atoms with E-state index in [9.17, 15) is 14.0 Å². The smallest absolute Gasteiger partial charge is 0.270 e. The largest absolute Gasteiger partial charge is 0.493 e. The van der Waals surface area contributed by atoms with E-state index in [1.54, 1.807) is 18.2 Å². The first kappa shape index (κ1) is 25.6. The van der Waals surface area contributed by atoms with Crippen LogP contribution in [0, 0.1) is 5.82 Å². The Hall–Kier alpha value is -4.08. The number of para-hydroxylation sites is 1. The van der Waals surface area contributed by atoms with Gasteiger partial charge in [-0.1, -0.05) is 64.5 Å². The zero-order chi connectivity index (χ0) is 26.8. The molecule has 6 nitrogen and oxygen atoms in total. The van der Waals surface area contributed by atoms with E-state index >= 15 is 0 Å². The van der Waals surface area contributed by atoms with Crippen LogP contribution in [-0.2, 0) is 16.2 Å². The van der Waals surface area contributed by atoms with Crippen molar-refractivity contribution >= 4 is 67.6 Å². The quantitative estimate of drug-likeness (QED) is 0.165. The highest BCUT2D eigenvalue weighted by atomic mass is 79.9. The summed E-state index contributed by atoms with van der Waals surface area (Å²) in [5, 5.41) is 4.52. The lowest BCUT2D eigenvalue weighted by Gasteiger charge is -2.29. The summed E-state index contributed by atoms with van der Waals surface area (Å²) in [6, 6.07) is 23.2. The van der Waals surface area contributed by atoms with E-state index < -0.39 is 17.6 Å². The molecule has 0 unspecified atom stereocenters. The predicted molar refractivity (Wildman–Crippen MR) is 152 cm³/mol. The number of benzene rings is 4. The summed E-state index contributed by atoms with van der Waals surface area (Å²) >= 11 is 8.65. The van der Waals surface area contributed by atoms with Gasteiger partial charge in [0.05, 0.1) is 12.8 Å². The Morgan fingerprint density at radius 3 is 2.47 bits per heavy atom. The molecule has 2 amide bonds. The highest BCUT2D eigenvalue weighted by Crippen LogP contribution is 2.36. The van der Waals surface area contributed by atoms with Crippen LogP contribution in [0.1, 0.15) is 11.1 Å². The molecule has 190 valence electrons. The number of hydrogen-bond acceptors (Lipinski definition) is 5. The number of ether oxygens (including phenoxy) is 2. The molecule has 38 heavy (non-hydrogen) atoms. The Labute approximate surface area is 231 Å². The molecular weight excluding hydrogens is 571 g/mol. The number of nitrogens with zero attached hydrogens (tertiary/aromatic N) is 1. The van der Waals surface area contributed by atoms with Crippen molar-refractivity contribution in [3.63, 3.8) is 0 Å². The maximum absolute atomic E-state index is 14.4. The Bertz CT molecular complexity index is 1640. The highest BCUT2D eigenvalue weighted by molar-refractivity contribution is 9.10. The van der Waals surface area contributed by atoms with Crippen LogP contribution < -0.4 is 19.7 Å². The van der Waals surface area contributed by atoms with E-state index in [0.29, 0.717) is 28.1 Å². The second-order valence-electron chi connectivity index (χ2n) is 8.40. The van der Waals surface area contributed by atoms with Crippen LogP contribution in [0.5, 0.6) is 11.5 Å². The van der Waals surface area contributed by atoms with E-state index in [0.717, 1.165) is 21.2 Å². The summed E-state index contributed by atoms with van der Waals surface area (Å²) < 4.78 is 26.6. The molecule has 1 heterocycles. The Morgan fingerprint density at radius 2 is 1.71 bits per heavy atom. The molecule has 4 aromatic rings. The van der Waals surface area contributed by atoms with Gasteiger partial charge in [-0.3, -0.25) is 14.9 Å². The second-order valence-corrected chi connectivity index (χ2v) is 9.65. The van der Waals surface area contributed by atoms with Crippen LogP contribution in [0.2, 0.25) is 0 Å². The first-order chi connectivity index (χ1) is 18.4. The van der Waals surface area contributed by atoms with Crippen LogP contribution in [0.25, 0.3) is 16.8 Å². The van der Waals surface area contributed by atoms with Gasteiger partial charge in [-0.05, 0) is 70.5 Å². The number of halogens is 2. The van der Waals surface area contributed by atoms with Crippen LogP contribution in [0.4, 0.5) is 10.1 Å². The van der Waals surface area contributed by atoms with Gasteiger partial charge in [0.1, 0.15) is 18.0 Å². The van der Waals surface area contributed by atoms with Crippen molar-refractivity contribution in [1.82, 2.24) is 5.32 Å². The van der Waals surface area contributed by atoms with Gasteiger partial charge >= 0.3 is 0 Å². The minimum atomic E-state index is -0.744. The Balaban J connectivity index is 1.43. The van der Waals surface area contributed by atoms with E-state index in [1.165, 1.54) is 31.4 Å². The Morgan fingerprint density at radius 1 is 0.974 bits per heavy atom. The van der Waals surface area contributed by atoms with Crippen LogP contribution >= 0.6 is 28.1 Å². The standard InChI is InChI=1S/C29H20BrFN2O4S/c1-36-25-14-20(13-21-27(34)32-29(38)33(28(21)35)24-9-5-4-8-23(24)31)22(30)15-26(25)37-16-17-10-11-18-6-2-3-7-19(18)12-17/h2-15H,16H2,1H3,(H,32,34,38)/b21-13+.